The summed E-state index contributed by atoms with van der Waals surface area (Å²) in [5.74, 6) is 0.144. The Balaban J connectivity index is 0.000000350. The molecule has 0 unspecified atom stereocenters. The Kier molecular flexibility index (Phi) is 11.2. The highest BCUT2D eigenvalue weighted by Gasteiger charge is 2.22. The SMILES string of the molecule is COC(=O)Nc1c(C(=O)OC)cc(OC)nc1OC.COC(=O)Nc1ccc(OC)nc1OC. The number of nitrogens with one attached hydrogen (secondary N) is 2. The molecule has 34 heavy (non-hydrogen) atoms. The quantitative estimate of drug-likeness (QED) is 0.437. The first-order valence-electron chi connectivity index (χ1n) is 9.28. The first-order chi connectivity index (χ1) is 16.3. The second kappa shape index (κ2) is 13.8. The van der Waals surface area contributed by atoms with Gasteiger partial charge in [0.05, 0.1) is 55.3 Å². The van der Waals surface area contributed by atoms with Gasteiger partial charge in [0.15, 0.2) is 0 Å². The van der Waals surface area contributed by atoms with Crippen molar-refractivity contribution in [2.45, 2.75) is 0 Å². The van der Waals surface area contributed by atoms with Crippen LogP contribution in [0.3, 0.4) is 0 Å². The fraction of sp³-hybridized carbons (Fsp3) is 0.350. The number of amides is 2. The van der Waals surface area contributed by atoms with Crippen molar-refractivity contribution < 1.29 is 47.5 Å². The number of hydrogen-bond acceptors (Lipinski definition) is 12. The number of carbonyl (C=O) groups excluding carboxylic acids is 3. The van der Waals surface area contributed by atoms with Gasteiger partial charge in [-0.15, -0.1) is 0 Å². The van der Waals surface area contributed by atoms with Gasteiger partial charge in [-0.3, -0.25) is 10.6 Å². The summed E-state index contributed by atoms with van der Waals surface area (Å²) in [7, 11) is 9.35. The van der Waals surface area contributed by atoms with E-state index >= 15 is 0 Å². The molecule has 2 N–H and O–H groups in total. The highest BCUT2D eigenvalue weighted by atomic mass is 16.5. The second-order valence-electron chi connectivity index (χ2n) is 5.73. The first-order valence-corrected chi connectivity index (χ1v) is 9.28. The molecule has 14 nitrogen and oxygen atoms in total. The number of pyridine rings is 2. The van der Waals surface area contributed by atoms with E-state index in [1.54, 1.807) is 12.1 Å². The summed E-state index contributed by atoms with van der Waals surface area (Å²) in [6.45, 7) is 0. The van der Waals surface area contributed by atoms with Gasteiger partial charge < -0.3 is 33.2 Å². The molecular formula is C20H26N4O10. The number of methoxy groups -OCH3 is 7. The molecule has 0 aliphatic carbocycles. The van der Waals surface area contributed by atoms with E-state index in [0.717, 1.165) is 0 Å². The maximum absolute atomic E-state index is 11.7. The molecule has 0 aliphatic heterocycles. The van der Waals surface area contributed by atoms with Crippen molar-refractivity contribution in [3.05, 3.63) is 23.8 Å². The molecule has 0 spiro atoms. The molecule has 2 aromatic heterocycles. The van der Waals surface area contributed by atoms with E-state index in [0.29, 0.717) is 11.6 Å². The summed E-state index contributed by atoms with van der Waals surface area (Å²) in [6.07, 6.45) is -1.35. The van der Waals surface area contributed by atoms with E-state index in [1.807, 2.05) is 0 Å². The minimum atomic E-state index is -0.768. The van der Waals surface area contributed by atoms with Crippen molar-refractivity contribution in [1.82, 2.24) is 9.97 Å². The van der Waals surface area contributed by atoms with E-state index in [2.05, 4.69) is 34.8 Å². The lowest BCUT2D eigenvalue weighted by Crippen LogP contribution is -2.16. The molecule has 0 aliphatic rings. The van der Waals surface area contributed by atoms with Crippen LogP contribution in [-0.4, -0.2) is 77.9 Å². The lowest BCUT2D eigenvalue weighted by Gasteiger charge is -2.13. The van der Waals surface area contributed by atoms with Crippen molar-refractivity contribution in [1.29, 1.82) is 0 Å². The average molecular weight is 482 g/mol. The topological polar surface area (TPSA) is 166 Å². The van der Waals surface area contributed by atoms with Crippen LogP contribution < -0.4 is 29.6 Å². The summed E-state index contributed by atoms with van der Waals surface area (Å²) in [6, 6.07) is 4.54. The Hall–Kier alpha value is -4.49. The molecule has 0 bridgehead atoms. The molecule has 186 valence electrons. The Morgan fingerprint density at radius 2 is 1.24 bits per heavy atom. The third-order valence-corrected chi connectivity index (χ3v) is 3.84. The predicted octanol–water partition coefficient (Wildman–Crippen LogP) is 2.34. The largest absolute Gasteiger partial charge is 0.481 e. The van der Waals surface area contributed by atoms with Crippen LogP contribution in [0.15, 0.2) is 18.2 Å². The zero-order valence-corrected chi connectivity index (χ0v) is 19.7. The number of ether oxygens (including phenoxy) is 7. The van der Waals surface area contributed by atoms with E-state index in [9.17, 15) is 14.4 Å². The summed E-state index contributed by atoms with van der Waals surface area (Å²) < 4.78 is 33.3. The van der Waals surface area contributed by atoms with Crippen LogP contribution >= 0.6 is 0 Å². The van der Waals surface area contributed by atoms with Gasteiger partial charge in [0.2, 0.25) is 23.5 Å². The Labute approximate surface area is 195 Å². The number of nitrogens with zero attached hydrogens (tertiary/aromatic N) is 2. The third kappa shape index (κ3) is 7.58. The minimum Gasteiger partial charge on any atom is -0.481 e. The van der Waals surface area contributed by atoms with Gasteiger partial charge in [0.25, 0.3) is 0 Å². The lowest BCUT2D eigenvalue weighted by molar-refractivity contribution is 0.0601. The van der Waals surface area contributed by atoms with Gasteiger partial charge in [-0.2, -0.15) is 9.97 Å². The number of esters is 1. The Bertz CT molecular complexity index is 1000. The zero-order valence-electron chi connectivity index (χ0n) is 19.7. The highest BCUT2D eigenvalue weighted by molar-refractivity contribution is 6.01. The molecule has 0 radical (unpaired) electrons. The molecule has 2 aromatic rings. The van der Waals surface area contributed by atoms with Gasteiger partial charge in [-0.25, -0.2) is 14.4 Å². The summed E-state index contributed by atoms with van der Waals surface area (Å²) in [5, 5.41) is 4.80. The molecule has 2 rings (SSSR count). The van der Waals surface area contributed by atoms with E-state index in [4.69, 9.17) is 18.9 Å². The number of carbonyl (C=O) groups is 3. The smallest absolute Gasteiger partial charge is 0.411 e. The van der Waals surface area contributed by atoms with Crippen LogP contribution in [0.5, 0.6) is 23.5 Å². The van der Waals surface area contributed by atoms with Crippen LogP contribution in [0.25, 0.3) is 0 Å². The molecule has 0 saturated heterocycles. The zero-order chi connectivity index (χ0) is 25.7. The molecule has 2 heterocycles. The Morgan fingerprint density at radius 3 is 1.74 bits per heavy atom. The van der Waals surface area contributed by atoms with Gasteiger partial charge in [0.1, 0.15) is 11.4 Å². The van der Waals surface area contributed by atoms with Crippen molar-refractivity contribution in [3.8, 4) is 23.5 Å². The molecule has 0 fully saturated rings. The van der Waals surface area contributed by atoms with E-state index in [-0.39, 0.29) is 28.9 Å². The number of anilines is 2. The fourth-order valence-electron chi connectivity index (χ4n) is 2.25. The normalized spacial score (nSPS) is 9.38. The number of hydrogen-bond donors (Lipinski definition) is 2. The standard InChI is InChI=1S/C11H14N2O6.C9H12N2O4/c1-16-7-5-6(10(14)18-3)8(9(12-7)17-2)13-11(15)19-4;1-13-7-5-4-6(8(11-7)14-2)10-9(12)15-3/h5H,1-4H3,(H,13,15);4-5H,1-3H3,(H,10,12). The van der Waals surface area contributed by atoms with Crippen molar-refractivity contribution in [2.75, 3.05) is 60.4 Å². The van der Waals surface area contributed by atoms with Crippen molar-refractivity contribution in [2.24, 2.45) is 0 Å². The van der Waals surface area contributed by atoms with Gasteiger partial charge >= 0.3 is 18.2 Å². The summed E-state index contributed by atoms with van der Waals surface area (Å²) in [5.41, 5.74) is 0.503. The number of rotatable bonds is 7. The maximum Gasteiger partial charge on any atom is 0.411 e. The van der Waals surface area contributed by atoms with Crippen molar-refractivity contribution >= 4 is 29.5 Å². The van der Waals surface area contributed by atoms with Gasteiger partial charge in [-0.05, 0) is 6.07 Å². The molecule has 0 atom stereocenters. The van der Waals surface area contributed by atoms with Crippen LogP contribution in [0.4, 0.5) is 21.0 Å². The van der Waals surface area contributed by atoms with Crippen LogP contribution in [0.1, 0.15) is 10.4 Å². The molecule has 0 saturated carbocycles. The number of aromatic nitrogens is 2. The molecular weight excluding hydrogens is 456 g/mol. The predicted molar refractivity (Wildman–Crippen MR) is 118 cm³/mol. The van der Waals surface area contributed by atoms with Crippen LogP contribution in [0, 0.1) is 0 Å². The van der Waals surface area contributed by atoms with Crippen molar-refractivity contribution in [3.63, 3.8) is 0 Å². The highest BCUT2D eigenvalue weighted by Crippen LogP contribution is 2.30. The third-order valence-electron chi connectivity index (χ3n) is 3.84. The average Bonchev–Trinajstić information content (AvgIpc) is 2.88. The first kappa shape index (κ1) is 27.5. The maximum atomic E-state index is 11.7. The van der Waals surface area contributed by atoms with E-state index in [1.165, 1.54) is 55.8 Å². The second-order valence-corrected chi connectivity index (χ2v) is 5.73. The summed E-state index contributed by atoms with van der Waals surface area (Å²) in [4.78, 5) is 41.8. The molecule has 2 amide bonds. The monoisotopic (exact) mass is 482 g/mol. The molecule has 0 aromatic carbocycles. The lowest BCUT2D eigenvalue weighted by atomic mass is 10.2. The van der Waals surface area contributed by atoms with Gasteiger partial charge in [0, 0.05) is 12.1 Å². The van der Waals surface area contributed by atoms with Gasteiger partial charge in [-0.1, -0.05) is 0 Å². The van der Waals surface area contributed by atoms with Crippen LogP contribution in [0.2, 0.25) is 0 Å². The summed E-state index contributed by atoms with van der Waals surface area (Å²) >= 11 is 0. The Morgan fingerprint density at radius 1 is 0.676 bits per heavy atom. The van der Waals surface area contributed by atoms with E-state index < -0.39 is 18.2 Å². The van der Waals surface area contributed by atoms with Crippen LogP contribution in [-0.2, 0) is 14.2 Å². The molecule has 14 heteroatoms. The fourth-order valence-corrected chi connectivity index (χ4v) is 2.25. The minimum absolute atomic E-state index is 0.00477.